The Balaban J connectivity index is 0.00000110. The summed E-state index contributed by atoms with van der Waals surface area (Å²) in [5.41, 5.74) is 7.08. The van der Waals surface area contributed by atoms with Crippen LogP contribution < -0.4 is 11.1 Å². The van der Waals surface area contributed by atoms with Crippen molar-refractivity contribution in [3.63, 3.8) is 0 Å². The Morgan fingerprint density at radius 3 is 2.57 bits per heavy atom. The average molecular weight is 367 g/mol. The Kier molecular flexibility index (Phi) is 7.02. The minimum atomic E-state index is -0.167. The summed E-state index contributed by atoms with van der Waals surface area (Å²) < 4.78 is 0. The zero-order chi connectivity index (χ0) is 13.2. The van der Waals surface area contributed by atoms with Crippen molar-refractivity contribution in [2.75, 3.05) is 0 Å². The lowest BCUT2D eigenvalue weighted by molar-refractivity contribution is 0.0946. The molecule has 0 aromatic carbocycles. The molecule has 9 heteroatoms. The largest absolute Gasteiger partial charge is 0.344 e. The van der Waals surface area contributed by atoms with E-state index < -0.39 is 0 Å². The maximum absolute atomic E-state index is 11.9. The maximum atomic E-state index is 11.9. The lowest BCUT2D eigenvalue weighted by Crippen LogP contribution is -2.23. The standard InChI is InChI=1S/C12H14N4OS2.2ClH/c13-3-10-16-9(6-18-10)12(17)14-4-11-15-8(5-19-11)7-1-2-7;;/h5-7H,1-4,13H2,(H,14,17);2*1H. The molecule has 1 fully saturated rings. The molecule has 1 amide bonds. The van der Waals surface area contributed by atoms with Gasteiger partial charge in [-0.2, -0.15) is 0 Å². The molecule has 1 aliphatic rings. The molecule has 116 valence electrons. The molecular weight excluding hydrogens is 351 g/mol. The van der Waals surface area contributed by atoms with Crippen molar-refractivity contribution in [1.29, 1.82) is 0 Å². The van der Waals surface area contributed by atoms with Crippen LogP contribution in [0.25, 0.3) is 0 Å². The molecule has 0 radical (unpaired) electrons. The van der Waals surface area contributed by atoms with Gasteiger partial charge in [-0.15, -0.1) is 47.5 Å². The van der Waals surface area contributed by atoms with Crippen LogP contribution in [0.3, 0.4) is 0 Å². The van der Waals surface area contributed by atoms with Crippen molar-refractivity contribution >= 4 is 53.4 Å². The van der Waals surface area contributed by atoms with E-state index in [-0.39, 0.29) is 30.7 Å². The van der Waals surface area contributed by atoms with E-state index in [1.807, 2.05) is 0 Å². The highest BCUT2D eigenvalue weighted by atomic mass is 35.5. The second-order valence-corrected chi connectivity index (χ2v) is 6.34. The van der Waals surface area contributed by atoms with Gasteiger partial charge in [0.25, 0.3) is 5.91 Å². The molecule has 1 aliphatic carbocycles. The predicted octanol–water partition coefficient (Wildman–Crippen LogP) is 2.71. The average Bonchev–Trinajstić information content (AvgIpc) is 2.99. The van der Waals surface area contributed by atoms with E-state index in [2.05, 4.69) is 20.7 Å². The highest BCUT2D eigenvalue weighted by Crippen LogP contribution is 2.40. The highest BCUT2D eigenvalue weighted by Gasteiger charge is 2.26. The fraction of sp³-hybridized carbons (Fsp3) is 0.417. The van der Waals surface area contributed by atoms with Crippen molar-refractivity contribution in [3.8, 4) is 0 Å². The van der Waals surface area contributed by atoms with Crippen LogP contribution >= 0.6 is 47.5 Å². The quantitative estimate of drug-likeness (QED) is 0.852. The minimum Gasteiger partial charge on any atom is -0.344 e. The van der Waals surface area contributed by atoms with Crippen LogP contribution in [0.1, 0.15) is 45.0 Å². The summed E-state index contributed by atoms with van der Waals surface area (Å²) in [5, 5.41) is 8.38. The number of hydrogen-bond acceptors (Lipinski definition) is 6. The van der Waals surface area contributed by atoms with Crippen molar-refractivity contribution in [1.82, 2.24) is 15.3 Å². The minimum absolute atomic E-state index is 0. The molecule has 0 unspecified atom stereocenters. The van der Waals surface area contributed by atoms with Crippen LogP contribution in [-0.2, 0) is 13.1 Å². The third kappa shape index (κ3) is 4.62. The Morgan fingerprint density at radius 1 is 1.24 bits per heavy atom. The maximum Gasteiger partial charge on any atom is 0.271 e. The van der Waals surface area contributed by atoms with E-state index in [0.717, 1.165) is 10.0 Å². The summed E-state index contributed by atoms with van der Waals surface area (Å²) in [7, 11) is 0. The van der Waals surface area contributed by atoms with Gasteiger partial charge in [-0.05, 0) is 12.8 Å². The smallest absolute Gasteiger partial charge is 0.271 e. The lowest BCUT2D eigenvalue weighted by Gasteiger charge is -1.99. The molecule has 2 aromatic heterocycles. The molecule has 3 rings (SSSR count). The number of halogens is 2. The molecule has 0 saturated heterocycles. The van der Waals surface area contributed by atoms with E-state index in [0.29, 0.717) is 24.7 Å². The van der Waals surface area contributed by atoms with Crippen molar-refractivity contribution in [2.45, 2.75) is 31.8 Å². The number of nitrogens with two attached hydrogens (primary N) is 1. The number of carbonyl (C=O) groups is 1. The summed E-state index contributed by atoms with van der Waals surface area (Å²) in [6, 6.07) is 0. The van der Waals surface area contributed by atoms with Gasteiger partial charge in [0.1, 0.15) is 15.7 Å². The summed E-state index contributed by atoms with van der Waals surface area (Å²) in [6.07, 6.45) is 2.49. The summed E-state index contributed by atoms with van der Waals surface area (Å²) in [6.45, 7) is 0.834. The van der Waals surface area contributed by atoms with Crippen LogP contribution in [0.5, 0.6) is 0 Å². The van der Waals surface area contributed by atoms with Gasteiger partial charge in [-0.25, -0.2) is 9.97 Å². The zero-order valence-electron chi connectivity index (χ0n) is 11.1. The first-order chi connectivity index (χ1) is 9.26. The SMILES string of the molecule is Cl.Cl.NCc1nc(C(=O)NCc2nc(C3CC3)cs2)cs1. The van der Waals surface area contributed by atoms with Gasteiger partial charge in [0, 0.05) is 23.2 Å². The Bertz CT molecular complexity index is 598. The Hall–Kier alpha value is -0.730. The molecule has 0 atom stereocenters. The van der Waals surface area contributed by atoms with Gasteiger partial charge in [0.05, 0.1) is 12.2 Å². The summed E-state index contributed by atoms with van der Waals surface area (Å²) >= 11 is 3.01. The zero-order valence-corrected chi connectivity index (χ0v) is 14.3. The second kappa shape index (κ2) is 8.05. The van der Waals surface area contributed by atoms with Gasteiger partial charge in [0.15, 0.2) is 0 Å². The number of carbonyl (C=O) groups excluding carboxylic acids is 1. The fourth-order valence-electron chi connectivity index (χ4n) is 1.73. The number of nitrogens with zero attached hydrogens (tertiary/aromatic N) is 2. The van der Waals surface area contributed by atoms with Crippen LogP contribution in [-0.4, -0.2) is 15.9 Å². The third-order valence-electron chi connectivity index (χ3n) is 2.92. The number of aromatic nitrogens is 2. The first-order valence-electron chi connectivity index (χ1n) is 6.13. The molecule has 2 aromatic rings. The molecule has 1 saturated carbocycles. The number of nitrogens with one attached hydrogen (secondary N) is 1. The molecule has 5 nitrogen and oxygen atoms in total. The van der Waals surface area contributed by atoms with Gasteiger partial charge in [0.2, 0.25) is 0 Å². The third-order valence-corrected chi connectivity index (χ3v) is 4.66. The fourth-order valence-corrected chi connectivity index (χ4v) is 3.20. The summed E-state index contributed by atoms with van der Waals surface area (Å²) in [5.74, 6) is 0.491. The molecule has 0 bridgehead atoms. The van der Waals surface area contributed by atoms with E-state index in [4.69, 9.17) is 5.73 Å². The van der Waals surface area contributed by atoms with Crippen LogP contribution in [0.2, 0.25) is 0 Å². The molecule has 3 N–H and O–H groups in total. The first kappa shape index (κ1) is 18.3. The van der Waals surface area contributed by atoms with E-state index >= 15 is 0 Å². The molecule has 0 aliphatic heterocycles. The van der Waals surface area contributed by atoms with Crippen LogP contribution in [0.15, 0.2) is 10.8 Å². The number of rotatable bonds is 5. The lowest BCUT2D eigenvalue weighted by atomic mass is 10.3. The molecule has 0 spiro atoms. The van der Waals surface area contributed by atoms with Gasteiger partial charge >= 0.3 is 0 Å². The Morgan fingerprint density at radius 2 is 1.95 bits per heavy atom. The second-order valence-electron chi connectivity index (χ2n) is 4.45. The monoisotopic (exact) mass is 366 g/mol. The van der Waals surface area contributed by atoms with Gasteiger partial charge in [-0.1, -0.05) is 0 Å². The van der Waals surface area contributed by atoms with Gasteiger partial charge < -0.3 is 11.1 Å². The predicted molar refractivity (Wildman–Crippen MR) is 89.8 cm³/mol. The van der Waals surface area contributed by atoms with Crippen molar-refractivity contribution in [3.05, 3.63) is 32.2 Å². The van der Waals surface area contributed by atoms with Crippen LogP contribution in [0.4, 0.5) is 0 Å². The van der Waals surface area contributed by atoms with Gasteiger partial charge in [-0.3, -0.25) is 4.79 Å². The van der Waals surface area contributed by atoms with Crippen LogP contribution in [0, 0.1) is 0 Å². The molecular formula is C12H16Cl2N4OS2. The molecule has 21 heavy (non-hydrogen) atoms. The molecule has 2 heterocycles. The Labute approximate surface area is 143 Å². The summed E-state index contributed by atoms with van der Waals surface area (Å²) in [4.78, 5) is 20.5. The number of amides is 1. The number of thiazole rings is 2. The normalized spacial score (nSPS) is 13.2. The van der Waals surface area contributed by atoms with E-state index in [1.54, 1.807) is 16.7 Å². The first-order valence-corrected chi connectivity index (χ1v) is 7.89. The van der Waals surface area contributed by atoms with Crippen molar-refractivity contribution in [2.24, 2.45) is 5.73 Å². The topological polar surface area (TPSA) is 80.9 Å². The van der Waals surface area contributed by atoms with E-state index in [1.165, 1.54) is 29.9 Å². The highest BCUT2D eigenvalue weighted by molar-refractivity contribution is 7.10. The van der Waals surface area contributed by atoms with Crippen molar-refractivity contribution < 1.29 is 4.79 Å². The number of hydrogen-bond donors (Lipinski definition) is 2. The van der Waals surface area contributed by atoms with E-state index in [9.17, 15) is 4.79 Å².